The number of nitrogens with zero attached hydrogens (tertiary/aromatic N) is 1. The Morgan fingerprint density at radius 1 is 1.24 bits per heavy atom. The van der Waals surface area contributed by atoms with E-state index in [4.69, 9.17) is 4.74 Å². The number of rotatable bonds is 8. The van der Waals surface area contributed by atoms with E-state index in [-0.39, 0.29) is 11.9 Å². The van der Waals surface area contributed by atoms with E-state index in [0.29, 0.717) is 12.6 Å². The Bertz CT molecular complexity index is 440. The number of ether oxygens (including phenoxy) is 1. The molecule has 0 spiro atoms. The van der Waals surface area contributed by atoms with Crippen LogP contribution in [0.25, 0.3) is 0 Å². The molecule has 0 N–H and O–H groups in total. The maximum atomic E-state index is 12.1. The van der Waals surface area contributed by atoms with Crippen LogP contribution in [0.2, 0.25) is 0 Å². The highest BCUT2D eigenvalue weighted by molar-refractivity contribution is 5.72. The van der Waals surface area contributed by atoms with Crippen LogP contribution in [0, 0.1) is 11.8 Å². The predicted molar refractivity (Wildman–Crippen MR) is 84.8 cm³/mol. The predicted octanol–water partition coefficient (Wildman–Crippen LogP) is 3.49. The molecule has 0 saturated heterocycles. The van der Waals surface area contributed by atoms with Gasteiger partial charge >= 0.3 is 5.97 Å². The topological polar surface area (TPSA) is 29.5 Å². The van der Waals surface area contributed by atoms with E-state index in [1.54, 1.807) is 0 Å². The van der Waals surface area contributed by atoms with Crippen LogP contribution in [-0.4, -0.2) is 30.0 Å². The molecule has 21 heavy (non-hydrogen) atoms. The molecule has 0 bridgehead atoms. The summed E-state index contributed by atoms with van der Waals surface area (Å²) < 4.78 is 5.43. The van der Waals surface area contributed by atoms with Crippen molar-refractivity contribution in [1.82, 2.24) is 4.90 Å². The highest BCUT2D eigenvalue weighted by Gasteiger charge is 2.27. The normalized spacial score (nSPS) is 16.2. The van der Waals surface area contributed by atoms with Crippen molar-refractivity contribution in [3.05, 3.63) is 35.9 Å². The fraction of sp³-hybridized carbons (Fsp3) is 0.611. The fourth-order valence-corrected chi connectivity index (χ4v) is 2.43. The van der Waals surface area contributed by atoms with Gasteiger partial charge in [0.25, 0.3) is 0 Å². The third-order valence-electron chi connectivity index (χ3n) is 4.05. The molecule has 1 saturated carbocycles. The largest absolute Gasteiger partial charge is 0.461 e. The van der Waals surface area contributed by atoms with Gasteiger partial charge in [-0.05, 0) is 38.2 Å². The second-order valence-corrected chi connectivity index (χ2v) is 6.49. The molecule has 3 nitrogen and oxygen atoms in total. The number of benzene rings is 1. The average molecular weight is 289 g/mol. The van der Waals surface area contributed by atoms with Crippen molar-refractivity contribution in [3.63, 3.8) is 0 Å². The lowest BCUT2D eigenvalue weighted by Crippen LogP contribution is -2.38. The van der Waals surface area contributed by atoms with Crippen LogP contribution < -0.4 is 0 Å². The van der Waals surface area contributed by atoms with Crippen LogP contribution >= 0.6 is 0 Å². The molecule has 3 heteroatoms. The van der Waals surface area contributed by atoms with Crippen molar-refractivity contribution in [2.45, 2.75) is 46.3 Å². The van der Waals surface area contributed by atoms with Gasteiger partial charge in [0.05, 0.1) is 5.92 Å². The standard InChI is InChI=1S/C18H27NO2/c1-14(2)19(12-16-9-10-16)11-15(3)18(20)21-13-17-7-5-4-6-8-17/h4-8,14-16H,9-13H2,1-3H3. The van der Waals surface area contributed by atoms with Gasteiger partial charge in [-0.2, -0.15) is 0 Å². The van der Waals surface area contributed by atoms with Crippen LogP contribution in [0.1, 0.15) is 39.2 Å². The lowest BCUT2D eigenvalue weighted by atomic mass is 10.1. The number of hydrogen-bond donors (Lipinski definition) is 0. The second kappa shape index (κ2) is 7.60. The van der Waals surface area contributed by atoms with Gasteiger partial charge in [0, 0.05) is 19.1 Å². The maximum absolute atomic E-state index is 12.1. The molecule has 0 heterocycles. The summed E-state index contributed by atoms with van der Waals surface area (Å²) in [6, 6.07) is 10.3. The molecule has 1 aromatic carbocycles. The van der Waals surface area contributed by atoms with Gasteiger partial charge in [-0.25, -0.2) is 0 Å². The Hall–Kier alpha value is -1.35. The van der Waals surface area contributed by atoms with Gasteiger partial charge in [0.1, 0.15) is 6.61 Å². The van der Waals surface area contributed by atoms with E-state index in [9.17, 15) is 4.79 Å². The van der Waals surface area contributed by atoms with Gasteiger partial charge in [0.2, 0.25) is 0 Å². The zero-order chi connectivity index (χ0) is 15.2. The number of carbonyl (C=O) groups is 1. The first-order valence-electron chi connectivity index (χ1n) is 8.01. The first-order chi connectivity index (χ1) is 10.1. The maximum Gasteiger partial charge on any atom is 0.310 e. The molecule has 1 fully saturated rings. The van der Waals surface area contributed by atoms with Crippen molar-refractivity contribution >= 4 is 5.97 Å². The molecule has 1 aliphatic rings. The summed E-state index contributed by atoms with van der Waals surface area (Å²) in [6.45, 7) is 8.65. The van der Waals surface area contributed by atoms with Gasteiger partial charge in [0.15, 0.2) is 0 Å². The summed E-state index contributed by atoms with van der Waals surface area (Å²) in [5.41, 5.74) is 1.04. The average Bonchev–Trinajstić information content (AvgIpc) is 3.29. The van der Waals surface area contributed by atoms with Gasteiger partial charge in [-0.1, -0.05) is 37.3 Å². The lowest BCUT2D eigenvalue weighted by Gasteiger charge is -2.28. The van der Waals surface area contributed by atoms with Crippen LogP contribution in [0.15, 0.2) is 30.3 Å². The van der Waals surface area contributed by atoms with E-state index in [0.717, 1.165) is 24.6 Å². The quantitative estimate of drug-likeness (QED) is 0.686. The van der Waals surface area contributed by atoms with Gasteiger partial charge in [-0.3, -0.25) is 9.69 Å². The van der Waals surface area contributed by atoms with E-state index >= 15 is 0 Å². The first-order valence-corrected chi connectivity index (χ1v) is 8.01. The van der Waals surface area contributed by atoms with Crippen LogP contribution in [0.4, 0.5) is 0 Å². The zero-order valence-corrected chi connectivity index (χ0v) is 13.4. The summed E-state index contributed by atoms with van der Waals surface area (Å²) >= 11 is 0. The van der Waals surface area contributed by atoms with Crippen molar-refractivity contribution in [2.75, 3.05) is 13.1 Å². The second-order valence-electron chi connectivity index (χ2n) is 6.49. The van der Waals surface area contributed by atoms with Crippen molar-refractivity contribution in [3.8, 4) is 0 Å². The monoisotopic (exact) mass is 289 g/mol. The number of esters is 1. The molecule has 0 aromatic heterocycles. The Labute approximate surface area is 128 Å². The van der Waals surface area contributed by atoms with Crippen LogP contribution in [0.3, 0.4) is 0 Å². The minimum atomic E-state index is -0.0969. The molecule has 0 aliphatic heterocycles. The summed E-state index contributed by atoms with van der Waals surface area (Å²) in [4.78, 5) is 14.5. The van der Waals surface area contributed by atoms with E-state index in [1.165, 1.54) is 12.8 Å². The highest BCUT2D eigenvalue weighted by atomic mass is 16.5. The summed E-state index contributed by atoms with van der Waals surface area (Å²) in [7, 11) is 0. The Morgan fingerprint density at radius 3 is 2.48 bits per heavy atom. The molecule has 1 atom stereocenters. The fourth-order valence-electron chi connectivity index (χ4n) is 2.43. The Balaban J connectivity index is 1.77. The minimum absolute atomic E-state index is 0.0742. The van der Waals surface area contributed by atoms with Gasteiger partial charge in [-0.15, -0.1) is 0 Å². The SMILES string of the molecule is CC(CN(CC1CC1)C(C)C)C(=O)OCc1ccccc1. The summed E-state index contributed by atoms with van der Waals surface area (Å²) in [6.07, 6.45) is 2.69. The number of hydrogen-bond acceptors (Lipinski definition) is 3. The van der Waals surface area contributed by atoms with Crippen molar-refractivity contribution in [2.24, 2.45) is 11.8 Å². The molecular weight excluding hydrogens is 262 g/mol. The molecule has 1 aliphatic carbocycles. The van der Waals surface area contributed by atoms with E-state index in [2.05, 4.69) is 18.7 Å². The molecule has 2 rings (SSSR count). The van der Waals surface area contributed by atoms with Crippen LogP contribution in [-0.2, 0) is 16.1 Å². The molecular formula is C18H27NO2. The highest BCUT2D eigenvalue weighted by Crippen LogP contribution is 2.30. The molecule has 1 aromatic rings. The molecule has 116 valence electrons. The third kappa shape index (κ3) is 5.50. The smallest absolute Gasteiger partial charge is 0.310 e. The van der Waals surface area contributed by atoms with E-state index < -0.39 is 0 Å². The molecule has 0 radical (unpaired) electrons. The van der Waals surface area contributed by atoms with Crippen molar-refractivity contribution in [1.29, 1.82) is 0 Å². The van der Waals surface area contributed by atoms with Crippen LogP contribution in [0.5, 0.6) is 0 Å². The van der Waals surface area contributed by atoms with Crippen molar-refractivity contribution < 1.29 is 9.53 Å². The Kier molecular flexibility index (Phi) is 5.80. The first kappa shape index (κ1) is 16.0. The summed E-state index contributed by atoms with van der Waals surface area (Å²) in [5, 5.41) is 0. The number of carbonyl (C=O) groups excluding carboxylic acids is 1. The van der Waals surface area contributed by atoms with E-state index in [1.807, 2.05) is 37.3 Å². The third-order valence-corrected chi connectivity index (χ3v) is 4.05. The lowest BCUT2D eigenvalue weighted by molar-refractivity contribution is -0.150. The molecule has 1 unspecified atom stereocenters. The Morgan fingerprint density at radius 2 is 1.90 bits per heavy atom. The minimum Gasteiger partial charge on any atom is -0.461 e. The van der Waals surface area contributed by atoms with Gasteiger partial charge < -0.3 is 4.74 Å². The zero-order valence-electron chi connectivity index (χ0n) is 13.4. The molecule has 0 amide bonds. The summed E-state index contributed by atoms with van der Waals surface area (Å²) in [5.74, 6) is 0.676.